The zero-order valence-electron chi connectivity index (χ0n) is 11.7. The Balaban J connectivity index is 2.98. The number of carbonyl (C=O) groups excluding carboxylic acids is 1. The van der Waals surface area contributed by atoms with Crippen LogP contribution in [-0.4, -0.2) is 30.3 Å². The van der Waals surface area contributed by atoms with Crippen molar-refractivity contribution in [2.75, 3.05) is 14.1 Å². The summed E-state index contributed by atoms with van der Waals surface area (Å²) in [6, 6.07) is 7.96. The topological polar surface area (TPSA) is 20.3 Å². The molecule has 0 aromatic heterocycles. The molecule has 94 valence electrons. The number of likely N-dealkylation sites (N-methyl/N-ethyl adjacent to an activating group) is 1. The number of hydrogen-bond acceptors (Lipinski definition) is 2. The molecular weight excluding hydrogens is 210 g/mol. The van der Waals surface area contributed by atoms with E-state index in [0.717, 1.165) is 5.56 Å². The van der Waals surface area contributed by atoms with Crippen molar-refractivity contribution >= 4 is 5.78 Å². The van der Waals surface area contributed by atoms with Crippen LogP contribution in [0.1, 0.15) is 49.5 Å². The van der Waals surface area contributed by atoms with Crippen LogP contribution in [0.4, 0.5) is 0 Å². The van der Waals surface area contributed by atoms with Crippen LogP contribution in [0.25, 0.3) is 0 Å². The molecule has 0 aliphatic carbocycles. The van der Waals surface area contributed by atoms with Crippen LogP contribution in [0.15, 0.2) is 24.3 Å². The number of carbonyl (C=O) groups is 1. The van der Waals surface area contributed by atoms with E-state index in [1.807, 2.05) is 57.1 Å². The Morgan fingerprint density at radius 3 is 1.94 bits per heavy atom. The van der Waals surface area contributed by atoms with Gasteiger partial charge in [0.2, 0.25) is 0 Å². The fourth-order valence-electron chi connectivity index (χ4n) is 1.58. The van der Waals surface area contributed by atoms with E-state index >= 15 is 0 Å². The fourth-order valence-corrected chi connectivity index (χ4v) is 1.58. The Morgan fingerprint density at radius 2 is 1.59 bits per heavy atom. The minimum atomic E-state index is -0.459. The van der Waals surface area contributed by atoms with E-state index in [0.29, 0.717) is 5.92 Å². The molecule has 1 aromatic carbocycles. The van der Waals surface area contributed by atoms with Crippen LogP contribution in [0.2, 0.25) is 0 Å². The van der Waals surface area contributed by atoms with Gasteiger partial charge in [0.15, 0.2) is 5.78 Å². The summed E-state index contributed by atoms with van der Waals surface area (Å²) >= 11 is 0. The molecule has 0 aliphatic rings. The van der Waals surface area contributed by atoms with Crippen molar-refractivity contribution in [3.05, 3.63) is 35.4 Å². The molecule has 0 saturated carbocycles. The smallest absolute Gasteiger partial charge is 0.182 e. The number of ketones is 1. The van der Waals surface area contributed by atoms with Crippen molar-refractivity contribution in [1.29, 1.82) is 0 Å². The summed E-state index contributed by atoms with van der Waals surface area (Å²) in [5.74, 6) is 0.666. The van der Waals surface area contributed by atoms with Gasteiger partial charge in [-0.1, -0.05) is 38.1 Å². The summed E-state index contributed by atoms with van der Waals surface area (Å²) < 4.78 is 0. The van der Waals surface area contributed by atoms with Gasteiger partial charge in [0, 0.05) is 5.56 Å². The Bertz CT molecular complexity index is 388. The summed E-state index contributed by atoms with van der Waals surface area (Å²) in [7, 11) is 3.86. The number of rotatable bonds is 4. The van der Waals surface area contributed by atoms with Crippen molar-refractivity contribution in [2.45, 2.75) is 39.2 Å². The van der Waals surface area contributed by atoms with Crippen molar-refractivity contribution in [3.8, 4) is 0 Å². The minimum absolute atomic E-state index is 0.165. The summed E-state index contributed by atoms with van der Waals surface area (Å²) in [4.78, 5) is 14.3. The van der Waals surface area contributed by atoms with Crippen molar-refractivity contribution in [2.24, 2.45) is 0 Å². The maximum atomic E-state index is 12.3. The van der Waals surface area contributed by atoms with E-state index in [-0.39, 0.29) is 5.78 Å². The van der Waals surface area contributed by atoms with Gasteiger partial charge in [-0.2, -0.15) is 0 Å². The molecule has 0 N–H and O–H groups in total. The summed E-state index contributed by atoms with van der Waals surface area (Å²) in [6.07, 6.45) is 0. The molecule has 0 atom stereocenters. The maximum Gasteiger partial charge on any atom is 0.182 e. The van der Waals surface area contributed by atoms with Gasteiger partial charge in [-0.05, 0) is 39.4 Å². The quantitative estimate of drug-likeness (QED) is 0.743. The monoisotopic (exact) mass is 233 g/mol. The molecule has 0 aliphatic heterocycles. The molecule has 0 fully saturated rings. The summed E-state index contributed by atoms with van der Waals surface area (Å²) in [5.41, 5.74) is 1.59. The highest BCUT2D eigenvalue weighted by atomic mass is 16.1. The minimum Gasteiger partial charge on any atom is -0.297 e. The lowest BCUT2D eigenvalue weighted by atomic mass is 9.91. The SMILES string of the molecule is CC(C)c1ccc(C(=O)C(C)(C)N(C)C)cc1. The van der Waals surface area contributed by atoms with E-state index < -0.39 is 5.54 Å². The third kappa shape index (κ3) is 2.95. The molecule has 0 spiro atoms. The molecule has 2 heteroatoms. The van der Waals surface area contributed by atoms with Gasteiger partial charge in [0.05, 0.1) is 5.54 Å². The van der Waals surface area contributed by atoms with Crippen LogP contribution in [0, 0.1) is 0 Å². The average Bonchev–Trinajstić information content (AvgIpc) is 2.27. The van der Waals surface area contributed by atoms with Gasteiger partial charge in [-0.15, -0.1) is 0 Å². The zero-order valence-corrected chi connectivity index (χ0v) is 11.7. The highest BCUT2D eigenvalue weighted by molar-refractivity contribution is 6.02. The number of benzene rings is 1. The Morgan fingerprint density at radius 1 is 1.12 bits per heavy atom. The van der Waals surface area contributed by atoms with Crippen molar-refractivity contribution in [3.63, 3.8) is 0 Å². The van der Waals surface area contributed by atoms with E-state index in [1.165, 1.54) is 5.56 Å². The van der Waals surface area contributed by atoms with E-state index in [1.54, 1.807) is 0 Å². The molecule has 1 aromatic rings. The van der Waals surface area contributed by atoms with Crippen LogP contribution in [0.3, 0.4) is 0 Å². The van der Waals surface area contributed by atoms with Crippen LogP contribution in [0.5, 0.6) is 0 Å². The Kier molecular flexibility index (Phi) is 4.10. The number of Topliss-reactive ketones (excluding diaryl/α,β-unsaturated/α-hetero) is 1. The molecule has 0 heterocycles. The second-order valence-corrected chi connectivity index (χ2v) is 5.56. The molecule has 0 unspecified atom stereocenters. The summed E-state index contributed by atoms with van der Waals surface area (Å²) in [5, 5.41) is 0. The van der Waals surface area contributed by atoms with Gasteiger partial charge in [0.25, 0.3) is 0 Å². The van der Waals surface area contributed by atoms with Gasteiger partial charge in [-0.25, -0.2) is 0 Å². The lowest BCUT2D eigenvalue weighted by molar-refractivity contribution is 0.0755. The third-order valence-corrected chi connectivity index (χ3v) is 3.51. The lowest BCUT2D eigenvalue weighted by Gasteiger charge is -2.31. The second kappa shape index (κ2) is 5.01. The van der Waals surface area contributed by atoms with Gasteiger partial charge >= 0.3 is 0 Å². The second-order valence-electron chi connectivity index (χ2n) is 5.56. The van der Waals surface area contributed by atoms with Crippen molar-refractivity contribution in [1.82, 2.24) is 4.90 Å². The lowest BCUT2D eigenvalue weighted by Crippen LogP contribution is -2.45. The Labute approximate surface area is 105 Å². The number of nitrogens with zero attached hydrogens (tertiary/aromatic N) is 1. The number of hydrogen-bond donors (Lipinski definition) is 0. The first-order chi connectivity index (χ1) is 7.76. The predicted octanol–water partition coefficient (Wildman–Crippen LogP) is 3.33. The molecule has 0 radical (unpaired) electrons. The van der Waals surface area contributed by atoms with Crippen molar-refractivity contribution < 1.29 is 4.79 Å². The molecule has 1 rings (SSSR count). The highest BCUT2D eigenvalue weighted by Gasteiger charge is 2.30. The van der Waals surface area contributed by atoms with Crippen LogP contribution < -0.4 is 0 Å². The van der Waals surface area contributed by atoms with Crippen LogP contribution in [-0.2, 0) is 0 Å². The first kappa shape index (κ1) is 13.9. The molecule has 0 amide bonds. The summed E-state index contributed by atoms with van der Waals surface area (Å²) in [6.45, 7) is 8.21. The van der Waals surface area contributed by atoms with E-state index in [2.05, 4.69) is 13.8 Å². The van der Waals surface area contributed by atoms with Gasteiger partial charge < -0.3 is 0 Å². The molecule has 17 heavy (non-hydrogen) atoms. The molecular formula is C15H23NO. The molecule has 0 saturated heterocycles. The highest BCUT2D eigenvalue weighted by Crippen LogP contribution is 2.20. The first-order valence-corrected chi connectivity index (χ1v) is 6.09. The predicted molar refractivity (Wildman–Crippen MR) is 72.6 cm³/mol. The van der Waals surface area contributed by atoms with E-state index in [4.69, 9.17) is 0 Å². The average molecular weight is 233 g/mol. The van der Waals surface area contributed by atoms with Crippen LogP contribution >= 0.6 is 0 Å². The molecule has 2 nitrogen and oxygen atoms in total. The Hall–Kier alpha value is -1.15. The maximum absolute atomic E-state index is 12.3. The van der Waals surface area contributed by atoms with Gasteiger partial charge in [-0.3, -0.25) is 9.69 Å². The normalized spacial score (nSPS) is 12.2. The zero-order chi connectivity index (χ0) is 13.2. The fraction of sp³-hybridized carbons (Fsp3) is 0.533. The molecule has 0 bridgehead atoms. The standard InChI is InChI=1S/C15H23NO/c1-11(2)12-7-9-13(10-8-12)14(17)15(3,4)16(5)6/h7-11H,1-6H3. The third-order valence-electron chi connectivity index (χ3n) is 3.51. The van der Waals surface area contributed by atoms with E-state index in [9.17, 15) is 4.79 Å². The largest absolute Gasteiger partial charge is 0.297 e. The van der Waals surface area contributed by atoms with Gasteiger partial charge in [0.1, 0.15) is 0 Å². The first-order valence-electron chi connectivity index (χ1n) is 6.09.